The molecule has 1 atom stereocenters. The molecule has 0 saturated heterocycles. The fourth-order valence-corrected chi connectivity index (χ4v) is 5.50. The zero-order chi connectivity index (χ0) is 22.1. The topological polar surface area (TPSA) is 208 Å². The van der Waals surface area contributed by atoms with Crippen LogP contribution in [0.15, 0.2) is 55.5 Å². The highest BCUT2D eigenvalue weighted by Crippen LogP contribution is 2.34. The first-order chi connectivity index (χ1) is 14.0. The molecule has 0 unspecified atom stereocenters. The normalized spacial score (nSPS) is 15.2. The minimum atomic E-state index is -4.54. The second-order valence-corrected chi connectivity index (χ2v) is 9.76. The zero-order valence-corrected chi connectivity index (χ0v) is 17.5. The molecular formula is C16H20N8O4S2. The van der Waals surface area contributed by atoms with E-state index in [-0.39, 0.29) is 30.4 Å². The van der Waals surface area contributed by atoms with Crippen molar-refractivity contribution in [3.8, 4) is 11.1 Å². The molecule has 160 valence electrons. The van der Waals surface area contributed by atoms with E-state index in [0.717, 1.165) is 6.07 Å². The molecule has 1 aromatic carbocycles. The minimum absolute atomic E-state index is 0.0290. The van der Waals surface area contributed by atoms with Gasteiger partial charge in [0.2, 0.25) is 20.0 Å². The van der Waals surface area contributed by atoms with Crippen molar-refractivity contribution in [2.24, 2.45) is 26.1 Å². The van der Waals surface area contributed by atoms with Gasteiger partial charge in [0, 0.05) is 24.3 Å². The highest BCUT2D eigenvalue weighted by Gasteiger charge is 2.32. The molecule has 2 aromatic rings. The van der Waals surface area contributed by atoms with Crippen LogP contribution < -0.4 is 21.3 Å². The van der Waals surface area contributed by atoms with Gasteiger partial charge in [-0.1, -0.05) is 6.07 Å². The molecule has 3 rings (SSSR count). The summed E-state index contributed by atoms with van der Waals surface area (Å²) in [7, 11) is -8.82. The number of nitrogen functional groups attached to an aromatic ring is 1. The summed E-state index contributed by atoms with van der Waals surface area (Å²) >= 11 is 0. The molecular weight excluding hydrogens is 432 g/mol. The van der Waals surface area contributed by atoms with Gasteiger partial charge in [0.05, 0.1) is 5.56 Å². The molecule has 0 fully saturated rings. The maximum atomic E-state index is 12.9. The second-order valence-electron chi connectivity index (χ2n) is 6.53. The van der Waals surface area contributed by atoms with Crippen molar-refractivity contribution in [2.45, 2.75) is 22.8 Å². The number of sulfonamides is 2. The van der Waals surface area contributed by atoms with Crippen LogP contribution in [0.2, 0.25) is 0 Å². The fourth-order valence-electron chi connectivity index (χ4n) is 2.76. The summed E-state index contributed by atoms with van der Waals surface area (Å²) in [6.45, 7) is 1.46. The fraction of sp³-hybridized carbons (Fsp3) is 0.250. The van der Waals surface area contributed by atoms with Crippen molar-refractivity contribution in [1.82, 2.24) is 9.71 Å². The summed E-state index contributed by atoms with van der Waals surface area (Å²) in [5.74, 6) is 0.194. The molecule has 2 heterocycles. The van der Waals surface area contributed by atoms with Crippen LogP contribution in [0.25, 0.3) is 11.1 Å². The molecule has 14 heteroatoms. The molecule has 12 nitrogen and oxygen atoms in total. The van der Waals surface area contributed by atoms with Crippen LogP contribution in [-0.2, 0) is 20.0 Å². The summed E-state index contributed by atoms with van der Waals surface area (Å²) in [6.07, 6.45) is 1.41. The van der Waals surface area contributed by atoms with Crippen molar-refractivity contribution in [2.75, 3.05) is 18.9 Å². The highest BCUT2D eigenvalue weighted by molar-refractivity contribution is 7.92. The number of rotatable bonds is 7. The van der Waals surface area contributed by atoms with Crippen LogP contribution in [0.1, 0.15) is 12.5 Å². The summed E-state index contributed by atoms with van der Waals surface area (Å²) in [4.78, 5) is 6.87. The van der Waals surface area contributed by atoms with Crippen LogP contribution in [-0.4, -0.2) is 46.9 Å². The summed E-state index contributed by atoms with van der Waals surface area (Å²) in [5.41, 5.74) is 11.9. The predicted molar refractivity (Wildman–Crippen MR) is 111 cm³/mol. The van der Waals surface area contributed by atoms with Gasteiger partial charge in [-0.05, 0) is 30.7 Å². The first-order valence-electron chi connectivity index (χ1n) is 8.60. The molecule has 1 aliphatic heterocycles. The number of aromatic nitrogens is 1. The third-order valence-electron chi connectivity index (χ3n) is 4.06. The first kappa shape index (κ1) is 21.9. The van der Waals surface area contributed by atoms with E-state index >= 15 is 0 Å². The lowest BCUT2D eigenvalue weighted by Crippen LogP contribution is -2.36. The molecule has 0 saturated carbocycles. The molecule has 0 bridgehead atoms. The van der Waals surface area contributed by atoms with E-state index in [0.29, 0.717) is 11.1 Å². The number of anilines is 1. The van der Waals surface area contributed by atoms with Gasteiger partial charge in [-0.3, -0.25) is 0 Å². The van der Waals surface area contributed by atoms with Gasteiger partial charge in [0.15, 0.2) is 12.5 Å². The SMILES string of the molecule is C[C@@H](N)CNS(=O)(=O)c1ccc(-c2ccc(N)nc2)c(C2=NCN=N2)c1S(N)(=O)=O. The predicted octanol–water partition coefficient (Wildman–Crippen LogP) is -0.226. The van der Waals surface area contributed by atoms with E-state index in [9.17, 15) is 16.8 Å². The Morgan fingerprint density at radius 3 is 2.43 bits per heavy atom. The number of aliphatic imine (C=N–C) groups is 1. The van der Waals surface area contributed by atoms with Crippen LogP contribution in [0.3, 0.4) is 0 Å². The number of hydrogen-bond acceptors (Lipinski definition) is 10. The number of primary sulfonamides is 1. The number of hydrogen-bond donors (Lipinski definition) is 4. The zero-order valence-electron chi connectivity index (χ0n) is 15.8. The lowest BCUT2D eigenvalue weighted by Gasteiger charge is -2.17. The Morgan fingerprint density at radius 2 is 1.90 bits per heavy atom. The number of pyridine rings is 1. The van der Waals surface area contributed by atoms with Gasteiger partial charge in [-0.2, -0.15) is 5.11 Å². The lowest BCUT2D eigenvalue weighted by molar-refractivity contribution is 0.567. The van der Waals surface area contributed by atoms with Gasteiger partial charge in [0.1, 0.15) is 15.6 Å². The Labute approximate surface area is 173 Å². The molecule has 7 N–H and O–H groups in total. The number of nitrogens with zero attached hydrogens (tertiary/aromatic N) is 4. The van der Waals surface area contributed by atoms with E-state index in [4.69, 9.17) is 16.6 Å². The Balaban J connectivity index is 2.36. The van der Waals surface area contributed by atoms with E-state index in [1.54, 1.807) is 13.0 Å². The van der Waals surface area contributed by atoms with Gasteiger partial charge in [-0.25, -0.2) is 36.7 Å². The molecule has 0 amide bonds. The highest BCUT2D eigenvalue weighted by atomic mass is 32.2. The summed E-state index contributed by atoms with van der Waals surface area (Å²) < 4.78 is 53.1. The Kier molecular flexibility index (Phi) is 5.96. The monoisotopic (exact) mass is 452 g/mol. The number of amidine groups is 1. The number of azo groups is 1. The van der Waals surface area contributed by atoms with Crippen molar-refractivity contribution >= 4 is 31.7 Å². The number of nitrogens with one attached hydrogen (secondary N) is 1. The van der Waals surface area contributed by atoms with Crippen LogP contribution >= 0.6 is 0 Å². The van der Waals surface area contributed by atoms with Gasteiger partial charge in [-0.15, -0.1) is 5.11 Å². The summed E-state index contributed by atoms with van der Waals surface area (Å²) in [6, 6.07) is 5.19. The van der Waals surface area contributed by atoms with Crippen LogP contribution in [0.5, 0.6) is 0 Å². The van der Waals surface area contributed by atoms with Gasteiger partial charge < -0.3 is 11.5 Å². The van der Waals surface area contributed by atoms with Crippen molar-refractivity contribution < 1.29 is 16.8 Å². The molecule has 1 aliphatic rings. The second kappa shape index (κ2) is 8.16. The minimum Gasteiger partial charge on any atom is -0.384 e. The Hall–Kier alpha value is -2.78. The maximum absolute atomic E-state index is 12.9. The van der Waals surface area contributed by atoms with Crippen molar-refractivity contribution in [1.29, 1.82) is 0 Å². The van der Waals surface area contributed by atoms with Crippen LogP contribution in [0.4, 0.5) is 5.82 Å². The number of nitrogens with two attached hydrogens (primary N) is 3. The third kappa shape index (κ3) is 4.52. The van der Waals surface area contributed by atoms with E-state index in [2.05, 4.69) is 24.9 Å². The van der Waals surface area contributed by atoms with Gasteiger partial charge >= 0.3 is 0 Å². The van der Waals surface area contributed by atoms with Crippen molar-refractivity contribution in [3.63, 3.8) is 0 Å². The molecule has 30 heavy (non-hydrogen) atoms. The van der Waals surface area contributed by atoms with Crippen LogP contribution in [0, 0.1) is 0 Å². The lowest BCUT2D eigenvalue weighted by atomic mass is 10.00. The molecule has 0 aliphatic carbocycles. The van der Waals surface area contributed by atoms with Crippen molar-refractivity contribution in [3.05, 3.63) is 36.0 Å². The standard InChI is InChI=1S/C16H20N8O4S2/c1-9(17)6-23-30(27,28)12-4-3-11(10-2-5-13(18)20-7-10)14(15(12)29(19,25)26)16-21-8-22-24-16/h2-5,7,9,23H,6,8,17H2,1H3,(H2,18,20)(H2,19,25,26)/t9-/m1/s1. The van der Waals surface area contributed by atoms with E-state index in [1.807, 2.05) is 0 Å². The molecule has 0 spiro atoms. The van der Waals surface area contributed by atoms with E-state index in [1.165, 1.54) is 18.3 Å². The quantitative estimate of drug-likeness (QED) is 0.443. The largest absolute Gasteiger partial charge is 0.384 e. The average molecular weight is 453 g/mol. The van der Waals surface area contributed by atoms with Gasteiger partial charge in [0.25, 0.3) is 0 Å². The molecule has 0 radical (unpaired) electrons. The summed E-state index contributed by atoms with van der Waals surface area (Å²) in [5, 5.41) is 13.0. The number of benzene rings is 1. The molecule has 1 aromatic heterocycles. The van der Waals surface area contributed by atoms with E-state index < -0.39 is 35.9 Å². The Bertz CT molecular complexity index is 1240. The average Bonchev–Trinajstić information content (AvgIpc) is 3.20. The smallest absolute Gasteiger partial charge is 0.241 e. The first-order valence-corrected chi connectivity index (χ1v) is 11.6. The third-order valence-corrected chi connectivity index (χ3v) is 6.65. The Morgan fingerprint density at radius 1 is 1.17 bits per heavy atom. The maximum Gasteiger partial charge on any atom is 0.241 e.